The molecule has 0 saturated heterocycles. The maximum absolute atomic E-state index is 13.0. The number of halogens is 2. The molecule has 1 aliphatic heterocycles. The second-order valence-electron chi connectivity index (χ2n) is 2.47. The van der Waals surface area contributed by atoms with Crippen LogP contribution in [0.15, 0.2) is 24.3 Å². The average Bonchev–Trinajstić information content (AvgIpc) is 2.02. The van der Waals surface area contributed by atoms with Gasteiger partial charge in [0, 0.05) is 0 Å². The lowest BCUT2D eigenvalue weighted by molar-refractivity contribution is -0.0417. The maximum atomic E-state index is 13.0. The summed E-state index contributed by atoms with van der Waals surface area (Å²) in [6, 6.07) is 6.80. The second kappa shape index (κ2) is 2.52. The molecular formula is C8H6ClFO2. The van der Waals surface area contributed by atoms with E-state index < -0.39 is 5.31 Å². The molecule has 2 nitrogen and oxygen atoms in total. The van der Waals surface area contributed by atoms with Gasteiger partial charge in [0.2, 0.25) is 0 Å². The SMILES string of the molecule is FC1(Cl)COc2ccccc2O1. The zero-order valence-electron chi connectivity index (χ0n) is 6.09. The van der Waals surface area contributed by atoms with Crippen molar-refractivity contribution in [2.45, 2.75) is 5.31 Å². The van der Waals surface area contributed by atoms with Crippen LogP contribution in [-0.2, 0) is 0 Å². The van der Waals surface area contributed by atoms with Crippen LogP contribution in [-0.4, -0.2) is 11.9 Å². The quantitative estimate of drug-likeness (QED) is 0.582. The summed E-state index contributed by atoms with van der Waals surface area (Å²) >= 11 is 5.29. The Labute approximate surface area is 73.9 Å². The van der Waals surface area contributed by atoms with Crippen molar-refractivity contribution in [2.75, 3.05) is 6.61 Å². The van der Waals surface area contributed by atoms with Gasteiger partial charge in [-0.15, -0.1) is 0 Å². The van der Waals surface area contributed by atoms with Crippen molar-refractivity contribution >= 4 is 11.6 Å². The molecule has 64 valence electrons. The molecule has 0 fully saturated rings. The molecule has 1 aliphatic rings. The first-order chi connectivity index (χ1) is 5.67. The molecule has 0 saturated carbocycles. The summed E-state index contributed by atoms with van der Waals surface area (Å²) in [6.07, 6.45) is 0. The molecule has 0 radical (unpaired) electrons. The lowest BCUT2D eigenvalue weighted by atomic mass is 10.3. The molecule has 1 atom stereocenters. The molecule has 0 aliphatic carbocycles. The van der Waals surface area contributed by atoms with Crippen molar-refractivity contribution in [3.8, 4) is 11.5 Å². The van der Waals surface area contributed by atoms with Crippen molar-refractivity contribution in [1.82, 2.24) is 0 Å². The lowest BCUT2D eigenvalue weighted by Gasteiger charge is -2.26. The van der Waals surface area contributed by atoms with Crippen molar-refractivity contribution in [2.24, 2.45) is 0 Å². The molecule has 1 heterocycles. The van der Waals surface area contributed by atoms with Crippen LogP contribution in [0.4, 0.5) is 4.39 Å². The highest BCUT2D eigenvalue weighted by Gasteiger charge is 2.35. The van der Waals surface area contributed by atoms with Crippen LogP contribution in [0.3, 0.4) is 0 Å². The fourth-order valence-corrected chi connectivity index (χ4v) is 1.14. The van der Waals surface area contributed by atoms with E-state index in [0.717, 1.165) is 0 Å². The zero-order valence-corrected chi connectivity index (χ0v) is 6.84. The predicted molar refractivity (Wildman–Crippen MR) is 42.3 cm³/mol. The van der Waals surface area contributed by atoms with Gasteiger partial charge in [0.15, 0.2) is 18.1 Å². The van der Waals surface area contributed by atoms with Gasteiger partial charge in [-0.3, -0.25) is 0 Å². The van der Waals surface area contributed by atoms with Gasteiger partial charge in [0.25, 0.3) is 0 Å². The molecule has 4 heteroatoms. The normalized spacial score (nSPS) is 26.8. The van der Waals surface area contributed by atoms with Gasteiger partial charge in [0.1, 0.15) is 0 Å². The monoisotopic (exact) mass is 188 g/mol. The van der Waals surface area contributed by atoms with Crippen LogP contribution < -0.4 is 9.47 Å². The number of ether oxygens (including phenoxy) is 2. The summed E-state index contributed by atoms with van der Waals surface area (Å²) in [6.45, 7) is -0.286. The van der Waals surface area contributed by atoms with Crippen LogP contribution in [0.5, 0.6) is 11.5 Å². The van der Waals surface area contributed by atoms with Crippen LogP contribution in [0.1, 0.15) is 0 Å². The Bertz CT molecular complexity index is 301. The molecular weight excluding hydrogens is 183 g/mol. The van der Waals surface area contributed by atoms with E-state index in [0.29, 0.717) is 11.5 Å². The molecule has 1 unspecified atom stereocenters. The van der Waals surface area contributed by atoms with Crippen molar-refractivity contribution in [3.05, 3.63) is 24.3 Å². The Morgan fingerprint density at radius 3 is 2.75 bits per heavy atom. The molecule has 2 rings (SSSR count). The molecule has 1 aromatic rings. The minimum atomic E-state index is -2.23. The number of benzene rings is 1. The smallest absolute Gasteiger partial charge is 0.361 e. The third-order valence-electron chi connectivity index (χ3n) is 1.50. The molecule has 1 aromatic carbocycles. The van der Waals surface area contributed by atoms with Gasteiger partial charge in [-0.25, -0.2) is 0 Å². The number of fused-ring (bicyclic) bond motifs is 1. The van der Waals surface area contributed by atoms with E-state index in [4.69, 9.17) is 21.1 Å². The lowest BCUT2D eigenvalue weighted by Crippen LogP contribution is -2.34. The summed E-state index contributed by atoms with van der Waals surface area (Å²) < 4.78 is 22.8. The van der Waals surface area contributed by atoms with Gasteiger partial charge in [-0.05, 0) is 23.7 Å². The van der Waals surface area contributed by atoms with Gasteiger partial charge < -0.3 is 9.47 Å². The van der Waals surface area contributed by atoms with Crippen molar-refractivity contribution < 1.29 is 13.9 Å². The van der Waals surface area contributed by atoms with E-state index in [1.807, 2.05) is 0 Å². The zero-order chi connectivity index (χ0) is 8.60. The van der Waals surface area contributed by atoms with E-state index in [1.54, 1.807) is 24.3 Å². The molecule has 0 N–H and O–H groups in total. The minimum Gasteiger partial charge on any atom is -0.481 e. The third-order valence-corrected chi connectivity index (χ3v) is 1.69. The number of para-hydroxylation sites is 2. The third kappa shape index (κ3) is 1.32. The van der Waals surface area contributed by atoms with E-state index in [2.05, 4.69) is 0 Å². The first-order valence-corrected chi connectivity index (χ1v) is 3.84. The summed E-state index contributed by atoms with van der Waals surface area (Å²) in [5, 5.41) is -2.23. The summed E-state index contributed by atoms with van der Waals surface area (Å²) in [4.78, 5) is 0. The number of hydrogen-bond donors (Lipinski definition) is 0. The van der Waals surface area contributed by atoms with Gasteiger partial charge in [0.05, 0.1) is 0 Å². The Hall–Kier alpha value is -0.960. The van der Waals surface area contributed by atoms with E-state index >= 15 is 0 Å². The Morgan fingerprint density at radius 2 is 2.00 bits per heavy atom. The topological polar surface area (TPSA) is 18.5 Å². The van der Waals surface area contributed by atoms with Gasteiger partial charge >= 0.3 is 5.31 Å². The Morgan fingerprint density at radius 1 is 1.33 bits per heavy atom. The average molecular weight is 189 g/mol. The summed E-state index contributed by atoms with van der Waals surface area (Å²) in [5.41, 5.74) is 0. The fourth-order valence-electron chi connectivity index (χ4n) is 1.01. The largest absolute Gasteiger partial charge is 0.481 e. The number of rotatable bonds is 0. The molecule has 0 amide bonds. The van der Waals surface area contributed by atoms with Crippen LogP contribution in [0.2, 0.25) is 0 Å². The van der Waals surface area contributed by atoms with E-state index in [9.17, 15) is 4.39 Å². The molecule has 0 spiro atoms. The standard InChI is InChI=1S/C8H6ClFO2/c9-8(10)5-11-6-3-1-2-4-7(6)12-8/h1-4H,5H2. The number of alkyl halides is 2. The second-order valence-corrected chi connectivity index (χ2v) is 3.04. The van der Waals surface area contributed by atoms with E-state index in [-0.39, 0.29) is 6.61 Å². The van der Waals surface area contributed by atoms with Gasteiger partial charge in [-0.1, -0.05) is 12.1 Å². The first-order valence-electron chi connectivity index (χ1n) is 3.46. The first kappa shape index (κ1) is 7.68. The minimum absolute atomic E-state index is 0.286. The summed E-state index contributed by atoms with van der Waals surface area (Å²) in [5.74, 6) is 0.854. The molecule has 0 bridgehead atoms. The summed E-state index contributed by atoms with van der Waals surface area (Å²) in [7, 11) is 0. The number of hydrogen-bond acceptors (Lipinski definition) is 2. The van der Waals surface area contributed by atoms with Crippen LogP contribution >= 0.6 is 11.6 Å². The highest BCUT2D eigenvalue weighted by molar-refractivity contribution is 6.22. The van der Waals surface area contributed by atoms with Crippen molar-refractivity contribution in [1.29, 1.82) is 0 Å². The van der Waals surface area contributed by atoms with Gasteiger partial charge in [-0.2, -0.15) is 4.39 Å². The van der Waals surface area contributed by atoms with Crippen LogP contribution in [0.25, 0.3) is 0 Å². The molecule has 0 aromatic heterocycles. The Balaban J connectivity index is 2.35. The fraction of sp³-hybridized carbons (Fsp3) is 0.250. The maximum Gasteiger partial charge on any atom is 0.361 e. The van der Waals surface area contributed by atoms with Crippen LogP contribution in [0, 0.1) is 0 Å². The highest BCUT2D eigenvalue weighted by atomic mass is 35.5. The Kier molecular flexibility index (Phi) is 1.61. The van der Waals surface area contributed by atoms with E-state index in [1.165, 1.54) is 0 Å². The highest BCUT2D eigenvalue weighted by Crippen LogP contribution is 2.36. The molecule has 12 heavy (non-hydrogen) atoms. The predicted octanol–water partition coefficient (Wildman–Crippen LogP) is 2.32. The van der Waals surface area contributed by atoms with Crippen molar-refractivity contribution in [3.63, 3.8) is 0 Å².